The minimum Gasteiger partial charge on any atom is -0.483 e. The zero-order chi connectivity index (χ0) is 33.3. The summed E-state index contributed by atoms with van der Waals surface area (Å²) in [5.74, 6) is -2.43. The lowest BCUT2D eigenvalue weighted by Crippen LogP contribution is -2.58. The van der Waals surface area contributed by atoms with Gasteiger partial charge in [0.15, 0.2) is 6.10 Å². The quantitative estimate of drug-likeness (QED) is 0.360. The molecular weight excluding hydrogens is 626 g/mol. The summed E-state index contributed by atoms with van der Waals surface area (Å²) in [5, 5.41) is 13.0. The predicted molar refractivity (Wildman–Crippen MR) is 170 cm³/mol. The molecule has 4 aliphatic rings. The summed E-state index contributed by atoms with van der Waals surface area (Å²) in [6.07, 6.45) is -0.0938. The number of benzene rings is 1. The lowest BCUT2D eigenvalue weighted by Gasteiger charge is -2.43. The number of halogens is 2. The van der Waals surface area contributed by atoms with Crippen LogP contribution in [0.1, 0.15) is 18.4 Å². The molecule has 1 amide bonds. The Morgan fingerprint density at radius 2 is 1.90 bits per heavy atom. The topological polar surface area (TPSA) is 138 Å². The first kappa shape index (κ1) is 31.9. The highest BCUT2D eigenvalue weighted by atomic mass is 19.3. The van der Waals surface area contributed by atoms with Gasteiger partial charge in [-0.3, -0.25) is 9.69 Å². The molecule has 0 bridgehead atoms. The predicted octanol–water partition coefficient (Wildman–Crippen LogP) is 3.09. The van der Waals surface area contributed by atoms with Crippen molar-refractivity contribution in [2.45, 2.75) is 37.0 Å². The van der Waals surface area contributed by atoms with Crippen LogP contribution < -0.4 is 19.7 Å². The SMILES string of the molecule is COc1nc(Nc2nccc(-c3ccc(OC4CCN(C(=O)C5CCO5)CC4(F)F)c(C#N)c3)n2)ccc1N1CCN(C2COC2)CC1. The van der Waals surface area contributed by atoms with Gasteiger partial charge in [0, 0.05) is 57.3 Å². The molecule has 1 N–H and O–H groups in total. The number of carbonyl (C=O) groups excluding carboxylic acids is 1. The fourth-order valence-electron chi connectivity index (χ4n) is 6.27. The average molecular weight is 663 g/mol. The minimum atomic E-state index is -3.30. The molecular formula is C33H36F2N8O5. The number of hydrogen-bond donors (Lipinski definition) is 1. The molecule has 252 valence electrons. The second-order valence-corrected chi connectivity index (χ2v) is 12.2. The van der Waals surface area contributed by atoms with Crippen molar-refractivity contribution in [1.82, 2.24) is 24.8 Å². The number of piperazine rings is 1. The summed E-state index contributed by atoms with van der Waals surface area (Å²) in [6.45, 7) is 5.04. The molecule has 2 unspecified atom stereocenters. The number of pyridine rings is 1. The number of likely N-dealkylation sites (tertiary alicyclic amines) is 1. The van der Waals surface area contributed by atoms with Gasteiger partial charge in [0.1, 0.15) is 29.4 Å². The van der Waals surface area contributed by atoms with E-state index in [0.29, 0.717) is 42.0 Å². The maximum atomic E-state index is 15.1. The van der Waals surface area contributed by atoms with E-state index in [1.54, 1.807) is 31.5 Å². The Kier molecular flexibility index (Phi) is 8.95. The van der Waals surface area contributed by atoms with Gasteiger partial charge in [-0.1, -0.05) is 0 Å². The molecule has 2 atom stereocenters. The lowest BCUT2D eigenvalue weighted by atomic mass is 10.0. The highest BCUT2D eigenvalue weighted by Gasteiger charge is 2.49. The van der Waals surface area contributed by atoms with Crippen LogP contribution in [0.5, 0.6) is 11.6 Å². The number of rotatable bonds is 9. The number of anilines is 3. The van der Waals surface area contributed by atoms with Crippen molar-refractivity contribution >= 4 is 23.4 Å². The van der Waals surface area contributed by atoms with Crippen LogP contribution in [0.15, 0.2) is 42.6 Å². The number of nitrogens with one attached hydrogen (secondary N) is 1. The molecule has 4 saturated heterocycles. The van der Waals surface area contributed by atoms with Gasteiger partial charge >= 0.3 is 5.92 Å². The van der Waals surface area contributed by atoms with Crippen LogP contribution in [-0.2, 0) is 14.3 Å². The number of aromatic nitrogens is 3. The van der Waals surface area contributed by atoms with Gasteiger partial charge in [-0.05, 0) is 36.4 Å². The van der Waals surface area contributed by atoms with Crippen LogP contribution in [0.4, 0.5) is 26.2 Å². The Labute approximate surface area is 276 Å². The largest absolute Gasteiger partial charge is 0.483 e. The van der Waals surface area contributed by atoms with E-state index in [1.807, 2.05) is 18.2 Å². The molecule has 0 saturated carbocycles. The van der Waals surface area contributed by atoms with E-state index in [9.17, 15) is 10.1 Å². The second-order valence-electron chi connectivity index (χ2n) is 12.2. The first-order valence-corrected chi connectivity index (χ1v) is 16.0. The Bertz CT molecular complexity index is 1690. The van der Waals surface area contributed by atoms with Gasteiger partial charge in [0.25, 0.3) is 5.91 Å². The molecule has 1 aromatic carbocycles. The normalized spacial score (nSPS) is 22.6. The standard InChI is InChI=1S/C33H36F2N8O5/c1-45-30-25(42-13-11-41(12-14-42)23-18-46-19-23)3-5-29(39-30)40-32-37-9-6-24(38-32)21-2-4-26(22(16-21)17-36)48-28-7-10-43(20-33(28,34)35)31(44)27-8-15-47-27/h2-6,9,16,23,27-28H,7-8,10-15,18-20H2,1H3,(H,37,38,39,40). The Morgan fingerprint density at radius 3 is 2.56 bits per heavy atom. The summed E-state index contributed by atoms with van der Waals surface area (Å²) in [6, 6.07) is 12.7. The maximum Gasteiger partial charge on any atom is 0.301 e. The number of ether oxygens (including phenoxy) is 4. The Morgan fingerprint density at radius 1 is 1.08 bits per heavy atom. The van der Waals surface area contributed by atoms with Crippen molar-refractivity contribution in [3.8, 4) is 29.0 Å². The number of nitrogens with zero attached hydrogens (tertiary/aromatic N) is 7. The number of carbonyl (C=O) groups is 1. The summed E-state index contributed by atoms with van der Waals surface area (Å²) in [4.78, 5) is 31.8. The first-order valence-electron chi connectivity index (χ1n) is 16.0. The third-order valence-corrected chi connectivity index (χ3v) is 9.21. The second kappa shape index (κ2) is 13.5. The van der Waals surface area contributed by atoms with Gasteiger partial charge in [-0.2, -0.15) is 10.2 Å². The summed E-state index contributed by atoms with van der Waals surface area (Å²) < 4.78 is 52.0. The number of alkyl halides is 2. The summed E-state index contributed by atoms with van der Waals surface area (Å²) in [7, 11) is 1.59. The fraction of sp³-hybridized carbons (Fsp3) is 0.485. The van der Waals surface area contributed by atoms with Crippen molar-refractivity contribution in [2.75, 3.05) is 76.4 Å². The molecule has 7 rings (SSSR count). The third kappa shape index (κ3) is 6.55. The monoisotopic (exact) mass is 662 g/mol. The van der Waals surface area contributed by atoms with Gasteiger partial charge in [0.2, 0.25) is 11.8 Å². The molecule has 3 aromatic rings. The van der Waals surface area contributed by atoms with E-state index < -0.39 is 30.6 Å². The van der Waals surface area contributed by atoms with Gasteiger partial charge in [-0.15, -0.1) is 0 Å². The molecule has 4 aliphatic heterocycles. The summed E-state index contributed by atoms with van der Waals surface area (Å²) in [5.41, 5.74) is 2.07. The Balaban J connectivity index is 1.01. The maximum absolute atomic E-state index is 15.1. The van der Waals surface area contributed by atoms with Gasteiger partial charge in [-0.25, -0.2) is 18.7 Å². The van der Waals surface area contributed by atoms with Crippen LogP contribution in [0, 0.1) is 11.3 Å². The zero-order valence-electron chi connectivity index (χ0n) is 26.5. The molecule has 0 radical (unpaired) electrons. The minimum absolute atomic E-state index is 0.0373. The fourth-order valence-corrected chi connectivity index (χ4v) is 6.27. The van der Waals surface area contributed by atoms with Crippen molar-refractivity contribution < 1.29 is 32.5 Å². The highest BCUT2D eigenvalue weighted by molar-refractivity contribution is 5.81. The van der Waals surface area contributed by atoms with Crippen molar-refractivity contribution in [1.29, 1.82) is 5.26 Å². The van der Waals surface area contributed by atoms with Crippen LogP contribution in [-0.4, -0.2) is 121 Å². The molecule has 0 spiro atoms. The van der Waals surface area contributed by atoms with Crippen LogP contribution in [0.2, 0.25) is 0 Å². The van der Waals surface area contributed by atoms with Crippen molar-refractivity contribution in [2.24, 2.45) is 0 Å². The first-order chi connectivity index (χ1) is 23.3. The van der Waals surface area contributed by atoms with Gasteiger partial charge in [0.05, 0.1) is 50.8 Å². The highest BCUT2D eigenvalue weighted by Crippen LogP contribution is 2.35. The average Bonchev–Trinajstić information content (AvgIpc) is 3.04. The third-order valence-electron chi connectivity index (χ3n) is 9.21. The van der Waals surface area contributed by atoms with Crippen LogP contribution in [0.25, 0.3) is 11.3 Å². The smallest absolute Gasteiger partial charge is 0.301 e. The van der Waals surface area contributed by atoms with E-state index in [-0.39, 0.29) is 30.2 Å². The van der Waals surface area contributed by atoms with E-state index in [2.05, 4.69) is 30.1 Å². The van der Waals surface area contributed by atoms with Crippen LogP contribution >= 0.6 is 0 Å². The van der Waals surface area contributed by atoms with E-state index in [1.165, 1.54) is 6.07 Å². The van der Waals surface area contributed by atoms with Crippen molar-refractivity contribution in [3.05, 3.63) is 48.2 Å². The Hall–Kier alpha value is -4.65. The molecule has 6 heterocycles. The molecule has 2 aromatic heterocycles. The molecule has 48 heavy (non-hydrogen) atoms. The number of piperidine rings is 1. The van der Waals surface area contributed by atoms with E-state index in [0.717, 1.165) is 50.0 Å². The molecule has 4 fully saturated rings. The van der Waals surface area contributed by atoms with E-state index in [4.69, 9.17) is 18.9 Å². The number of methoxy groups -OCH3 is 1. The number of hydrogen-bond acceptors (Lipinski definition) is 12. The number of nitriles is 1. The van der Waals surface area contributed by atoms with E-state index >= 15 is 8.78 Å². The molecule has 0 aliphatic carbocycles. The molecule has 13 nitrogen and oxygen atoms in total. The van der Waals surface area contributed by atoms with Crippen LogP contribution in [0.3, 0.4) is 0 Å². The van der Waals surface area contributed by atoms with Crippen molar-refractivity contribution in [3.63, 3.8) is 0 Å². The molecule has 15 heteroatoms. The number of amides is 1. The lowest BCUT2D eigenvalue weighted by molar-refractivity contribution is -0.176. The zero-order valence-corrected chi connectivity index (χ0v) is 26.5. The van der Waals surface area contributed by atoms with Gasteiger partial charge < -0.3 is 34.1 Å². The summed E-state index contributed by atoms with van der Waals surface area (Å²) >= 11 is 0.